The summed E-state index contributed by atoms with van der Waals surface area (Å²) in [6.07, 6.45) is 10.3. The second-order valence-electron chi connectivity index (χ2n) is 5.11. The van der Waals surface area contributed by atoms with Gasteiger partial charge in [0.05, 0.1) is 0 Å². The maximum absolute atomic E-state index is 5.63. The Labute approximate surface area is 98.5 Å². The van der Waals surface area contributed by atoms with Crippen molar-refractivity contribution in [3.05, 3.63) is 11.6 Å². The Hall–Kier alpha value is -0.0100. The third-order valence-electron chi connectivity index (χ3n) is 4.17. The SMILES string of the molecule is C[C@@H]1CC[C@@H](C/C=C\Cl)N2CCCC[C@@H]12. The van der Waals surface area contributed by atoms with Crippen LogP contribution >= 0.6 is 11.6 Å². The van der Waals surface area contributed by atoms with Crippen LogP contribution in [-0.2, 0) is 0 Å². The minimum absolute atomic E-state index is 0.765. The van der Waals surface area contributed by atoms with E-state index in [1.54, 1.807) is 5.54 Å². The molecule has 2 aliphatic heterocycles. The van der Waals surface area contributed by atoms with E-state index in [4.69, 9.17) is 11.6 Å². The zero-order valence-electron chi connectivity index (χ0n) is 9.66. The van der Waals surface area contributed by atoms with Crippen LogP contribution in [0.25, 0.3) is 0 Å². The lowest BCUT2D eigenvalue weighted by atomic mass is 9.81. The lowest BCUT2D eigenvalue weighted by Gasteiger charge is -2.48. The first kappa shape index (κ1) is 11.5. The molecule has 0 amide bonds. The highest BCUT2D eigenvalue weighted by atomic mass is 35.5. The summed E-state index contributed by atoms with van der Waals surface area (Å²) in [6, 6.07) is 1.63. The fourth-order valence-electron chi connectivity index (χ4n) is 3.32. The Morgan fingerprint density at radius 3 is 2.93 bits per heavy atom. The molecule has 3 atom stereocenters. The first-order valence-electron chi connectivity index (χ1n) is 6.34. The second-order valence-corrected chi connectivity index (χ2v) is 5.36. The number of piperidine rings is 2. The molecule has 0 aromatic heterocycles. The van der Waals surface area contributed by atoms with E-state index in [-0.39, 0.29) is 0 Å². The molecule has 0 aliphatic carbocycles. The molecule has 0 saturated carbocycles. The highest BCUT2D eigenvalue weighted by Crippen LogP contribution is 2.35. The van der Waals surface area contributed by atoms with Crippen molar-refractivity contribution >= 4 is 11.6 Å². The van der Waals surface area contributed by atoms with Crippen LogP contribution in [0, 0.1) is 5.92 Å². The first-order valence-corrected chi connectivity index (χ1v) is 6.77. The van der Waals surface area contributed by atoms with E-state index in [9.17, 15) is 0 Å². The van der Waals surface area contributed by atoms with Gasteiger partial charge in [0.2, 0.25) is 0 Å². The van der Waals surface area contributed by atoms with Gasteiger partial charge in [-0.1, -0.05) is 31.0 Å². The van der Waals surface area contributed by atoms with Gasteiger partial charge in [-0.05, 0) is 44.6 Å². The zero-order valence-corrected chi connectivity index (χ0v) is 10.4. The van der Waals surface area contributed by atoms with Crippen molar-refractivity contribution in [2.75, 3.05) is 6.54 Å². The molecule has 2 heterocycles. The van der Waals surface area contributed by atoms with Crippen molar-refractivity contribution in [2.24, 2.45) is 5.92 Å². The molecule has 0 radical (unpaired) electrons. The van der Waals surface area contributed by atoms with Gasteiger partial charge in [0.25, 0.3) is 0 Å². The predicted octanol–water partition coefficient (Wildman–Crippen LogP) is 3.78. The minimum atomic E-state index is 0.765. The molecular formula is C13H22ClN. The fraction of sp³-hybridized carbons (Fsp3) is 0.846. The van der Waals surface area contributed by atoms with Crippen LogP contribution in [0.15, 0.2) is 11.6 Å². The van der Waals surface area contributed by atoms with Crippen LogP contribution in [-0.4, -0.2) is 23.5 Å². The van der Waals surface area contributed by atoms with E-state index in [0.717, 1.165) is 24.4 Å². The highest BCUT2D eigenvalue weighted by Gasteiger charge is 2.35. The molecule has 2 fully saturated rings. The van der Waals surface area contributed by atoms with Crippen LogP contribution in [0.4, 0.5) is 0 Å². The summed E-state index contributed by atoms with van der Waals surface area (Å²) < 4.78 is 0. The summed E-state index contributed by atoms with van der Waals surface area (Å²) in [6.45, 7) is 3.74. The number of hydrogen-bond donors (Lipinski definition) is 0. The standard InChI is InChI=1S/C13H22ClN/c1-11-7-8-12(5-4-9-14)15-10-3-2-6-13(11)15/h4,9,11-13H,2-3,5-8,10H2,1H3/b9-4-/t11-,12-,13+/m1/s1. The van der Waals surface area contributed by atoms with E-state index in [1.807, 2.05) is 0 Å². The van der Waals surface area contributed by atoms with E-state index in [2.05, 4.69) is 17.9 Å². The third kappa shape index (κ3) is 2.57. The molecule has 0 spiro atoms. The first-order chi connectivity index (χ1) is 7.33. The Balaban J connectivity index is 2.00. The molecule has 15 heavy (non-hydrogen) atoms. The molecule has 2 heteroatoms. The maximum atomic E-state index is 5.63. The molecule has 2 rings (SSSR count). The van der Waals surface area contributed by atoms with Crippen LogP contribution in [0.2, 0.25) is 0 Å². The Kier molecular flexibility index (Phi) is 4.10. The van der Waals surface area contributed by atoms with Crippen LogP contribution < -0.4 is 0 Å². The zero-order chi connectivity index (χ0) is 10.7. The van der Waals surface area contributed by atoms with Crippen LogP contribution in [0.3, 0.4) is 0 Å². The number of halogens is 1. The van der Waals surface area contributed by atoms with Crippen molar-refractivity contribution in [2.45, 2.75) is 57.5 Å². The van der Waals surface area contributed by atoms with Gasteiger partial charge in [-0.25, -0.2) is 0 Å². The Morgan fingerprint density at radius 2 is 2.13 bits per heavy atom. The Bertz CT molecular complexity index is 227. The summed E-state index contributed by atoms with van der Waals surface area (Å²) in [7, 11) is 0. The van der Waals surface area contributed by atoms with Gasteiger partial charge in [-0.3, -0.25) is 4.90 Å². The molecule has 0 aromatic carbocycles. The smallest absolute Gasteiger partial charge is 0.0133 e. The van der Waals surface area contributed by atoms with E-state index < -0.39 is 0 Å². The molecule has 86 valence electrons. The Morgan fingerprint density at radius 1 is 1.27 bits per heavy atom. The lowest BCUT2D eigenvalue weighted by molar-refractivity contribution is 0.0193. The van der Waals surface area contributed by atoms with Crippen LogP contribution in [0.1, 0.15) is 45.4 Å². The van der Waals surface area contributed by atoms with Gasteiger partial charge in [0.1, 0.15) is 0 Å². The van der Waals surface area contributed by atoms with Crippen molar-refractivity contribution < 1.29 is 0 Å². The molecule has 0 N–H and O–H groups in total. The normalized spacial score (nSPS) is 38.1. The average molecular weight is 228 g/mol. The van der Waals surface area contributed by atoms with Crippen molar-refractivity contribution in [3.63, 3.8) is 0 Å². The monoisotopic (exact) mass is 227 g/mol. The van der Waals surface area contributed by atoms with E-state index in [0.29, 0.717) is 0 Å². The van der Waals surface area contributed by atoms with Crippen molar-refractivity contribution in [1.82, 2.24) is 4.90 Å². The van der Waals surface area contributed by atoms with Crippen molar-refractivity contribution in [1.29, 1.82) is 0 Å². The predicted molar refractivity (Wildman–Crippen MR) is 66.1 cm³/mol. The summed E-state index contributed by atoms with van der Waals surface area (Å²) in [5.41, 5.74) is 1.68. The van der Waals surface area contributed by atoms with Gasteiger partial charge in [0.15, 0.2) is 0 Å². The third-order valence-corrected chi connectivity index (χ3v) is 4.35. The topological polar surface area (TPSA) is 3.24 Å². The molecule has 0 aromatic rings. The highest BCUT2D eigenvalue weighted by molar-refractivity contribution is 6.25. The van der Waals surface area contributed by atoms with Gasteiger partial charge >= 0.3 is 0 Å². The molecule has 1 nitrogen and oxygen atoms in total. The average Bonchev–Trinajstić information content (AvgIpc) is 2.29. The number of rotatable bonds is 2. The molecule has 2 saturated heterocycles. The molecular weight excluding hydrogens is 206 g/mol. The largest absolute Gasteiger partial charge is 0.297 e. The van der Waals surface area contributed by atoms with Crippen molar-refractivity contribution in [3.8, 4) is 0 Å². The van der Waals surface area contributed by atoms with Crippen LogP contribution in [0.5, 0.6) is 0 Å². The second kappa shape index (κ2) is 5.36. The van der Waals surface area contributed by atoms with Gasteiger partial charge < -0.3 is 0 Å². The number of nitrogens with zero attached hydrogens (tertiary/aromatic N) is 1. The van der Waals surface area contributed by atoms with Gasteiger partial charge in [0, 0.05) is 17.6 Å². The van der Waals surface area contributed by atoms with Gasteiger partial charge in [-0.2, -0.15) is 0 Å². The fourth-order valence-corrected chi connectivity index (χ4v) is 3.42. The van der Waals surface area contributed by atoms with E-state index >= 15 is 0 Å². The molecule has 0 bridgehead atoms. The summed E-state index contributed by atoms with van der Waals surface area (Å²) in [5, 5.41) is 0. The molecule has 2 aliphatic rings. The summed E-state index contributed by atoms with van der Waals surface area (Å²) >= 11 is 5.63. The maximum Gasteiger partial charge on any atom is 0.0133 e. The number of hydrogen-bond acceptors (Lipinski definition) is 1. The quantitative estimate of drug-likeness (QED) is 0.694. The van der Waals surface area contributed by atoms with E-state index in [1.165, 1.54) is 38.6 Å². The lowest BCUT2D eigenvalue weighted by Crippen LogP contribution is -2.52. The van der Waals surface area contributed by atoms with Gasteiger partial charge in [-0.15, -0.1) is 0 Å². The summed E-state index contributed by atoms with van der Waals surface area (Å²) in [4.78, 5) is 2.76. The molecule has 0 unspecified atom stereocenters. The summed E-state index contributed by atoms with van der Waals surface area (Å²) in [5.74, 6) is 0.904. The minimum Gasteiger partial charge on any atom is -0.297 e. The number of fused-ring (bicyclic) bond motifs is 1.